The number of nitrogens with zero attached hydrogens (tertiary/aromatic N) is 3. The molecule has 2 aliphatic rings. The normalized spacial score (nSPS) is 19.4. The number of hydrogen-bond donors (Lipinski definition) is 2. The van der Waals surface area contributed by atoms with Crippen LogP contribution in [-0.4, -0.2) is 68.2 Å². The largest absolute Gasteiger partial charge is 0.378 e. The van der Waals surface area contributed by atoms with E-state index in [0.717, 1.165) is 56.9 Å². The minimum Gasteiger partial charge on any atom is -0.378 e. The van der Waals surface area contributed by atoms with Crippen molar-refractivity contribution in [2.45, 2.75) is 50.6 Å². The molecule has 8 nitrogen and oxygen atoms in total. The van der Waals surface area contributed by atoms with Crippen molar-refractivity contribution in [1.29, 1.82) is 5.26 Å². The predicted molar refractivity (Wildman–Crippen MR) is 120 cm³/mol. The van der Waals surface area contributed by atoms with E-state index in [0.29, 0.717) is 12.8 Å². The molecule has 1 aromatic carbocycles. The van der Waals surface area contributed by atoms with Crippen molar-refractivity contribution in [2.24, 2.45) is 0 Å². The maximum absolute atomic E-state index is 12.7. The molecular weight excluding hydrogens is 394 g/mol. The molecule has 2 N–H and O–H groups in total. The minimum atomic E-state index is -0.769. The Kier molecular flexibility index (Phi) is 7.88. The van der Waals surface area contributed by atoms with Gasteiger partial charge in [0.2, 0.25) is 11.8 Å². The van der Waals surface area contributed by atoms with Gasteiger partial charge in [0.1, 0.15) is 5.54 Å². The van der Waals surface area contributed by atoms with Gasteiger partial charge in [-0.3, -0.25) is 14.5 Å². The molecular formula is C23H33N5O3. The Morgan fingerprint density at radius 2 is 1.84 bits per heavy atom. The first-order valence-electron chi connectivity index (χ1n) is 11.1. The summed E-state index contributed by atoms with van der Waals surface area (Å²) in [5.41, 5.74) is 1.06. The molecule has 0 radical (unpaired) electrons. The maximum Gasteiger partial charge on any atom is 0.238 e. The van der Waals surface area contributed by atoms with Crippen molar-refractivity contribution in [1.82, 2.24) is 10.2 Å². The molecule has 8 heteroatoms. The van der Waals surface area contributed by atoms with Gasteiger partial charge in [0, 0.05) is 24.5 Å². The Morgan fingerprint density at radius 3 is 2.45 bits per heavy atom. The van der Waals surface area contributed by atoms with Crippen LogP contribution in [0.4, 0.5) is 11.4 Å². The van der Waals surface area contributed by atoms with Crippen LogP contribution < -0.4 is 15.5 Å². The van der Waals surface area contributed by atoms with Crippen LogP contribution in [0.5, 0.6) is 0 Å². The lowest BCUT2D eigenvalue weighted by Gasteiger charge is -2.34. The van der Waals surface area contributed by atoms with Crippen LogP contribution in [0.1, 0.15) is 39.0 Å². The molecule has 1 unspecified atom stereocenters. The van der Waals surface area contributed by atoms with Gasteiger partial charge in [-0.05, 0) is 51.1 Å². The first-order valence-corrected chi connectivity index (χ1v) is 11.1. The monoisotopic (exact) mass is 427 g/mol. The summed E-state index contributed by atoms with van der Waals surface area (Å²) in [6.07, 6.45) is 4.37. The van der Waals surface area contributed by atoms with E-state index in [-0.39, 0.29) is 18.4 Å². The summed E-state index contributed by atoms with van der Waals surface area (Å²) in [7, 11) is 1.74. The fourth-order valence-corrected chi connectivity index (χ4v) is 4.10. The molecule has 0 bridgehead atoms. The highest BCUT2D eigenvalue weighted by Crippen LogP contribution is 2.27. The van der Waals surface area contributed by atoms with Gasteiger partial charge in [0.15, 0.2) is 0 Å². The second-order valence-corrected chi connectivity index (χ2v) is 8.53. The molecule has 1 saturated carbocycles. The summed E-state index contributed by atoms with van der Waals surface area (Å²) in [4.78, 5) is 29.1. The van der Waals surface area contributed by atoms with Crippen molar-refractivity contribution in [2.75, 3.05) is 50.1 Å². The van der Waals surface area contributed by atoms with Crippen molar-refractivity contribution >= 4 is 23.2 Å². The Balaban J connectivity index is 1.49. The average Bonchev–Trinajstić information content (AvgIpc) is 2.80. The number of morpholine rings is 1. The number of ether oxygens (including phenoxy) is 1. The highest BCUT2D eigenvalue weighted by Gasteiger charge is 2.35. The number of anilines is 2. The van der Waals surface area contributed by atoms with Crippen LogP contribution in [-0.2, 0) is 14.3 Å². The summed E-state index contributed by atoms with van der Waals surface area (Å²) >= 11 is 0. The third kappa shape index (κ3) is 6.18. The van der Waals surface area contributed by atoms with Gasteiger partial charge in [-0.2, -0.15) is 5.26 Å². The molecule has 1 atom stereocenters. The summed E-state index contributed by atoms with van der Waals surface area (Å²) in [6, 6.07) is 9.55. The molecule has 31 heavy (non-hydrogen) atoms. The van der Waals surface area contributed by atoms with E-state index < -0.39 is 11.6 Å². The number of carbonyl (C=O) groups excluding carboxylic acids is 2. The molecule has 2 fully saturated rings. The summed E-state index contributed by atoms with van der Waals surface area (Å²) in [5, 5.41) is 15.4. The molecule has 0 spiro atoms. The number of carbonyl (C=O) groups is 2. The second kappa shape index (κ2) is 10.6. The molecule has 2 amide bonds. The summed E-state index contributed by atoms with van der Waals surface area (Å²) in [6.45, 7) is 5.03. The average molecular weight is 428 g/mol. The van der Waals surface area contributed by atoms with Crippen LogP contribution in [0.25, 0.3) is 0 Å². The zero-order valence-corrected chi connectivity index (χ0v) is 18.5. The van der Waals surface area contributed by atoms with Crippen LogP contribution >= 0.6 is 0 Å². The topological polar surface area (TPSA) is 97.7 Å². The van der Waals surface area contributed by atoms with E-state index in [4.69, 9.17) is 4.74 Å². The molecule has 1 saturated heterocycles. The standard InChI is InChI=1S/C23H33N5O3/c1-18(22(30)26-23(17-24)10-4-3-5-11-23)27(2)16-21(29)25-19-6-8-20(9-7-19)28-12-14-31-15-13-28/h6-9,18H,3-5,10-16H2,1-2H3,(H,25,29)(H,26,30). The summed E-state index contributed by atoms with van der Waals surface area (Å²) < 4.78 is 5.38. The van der Waals surface area contributed by atoms with E-state index in [9.17, 15) is 14.9 Å². The van der Waals surface area contributed by atoms with E-state index in [1.54, 1.807) is 18.9 Å². The molecule has 0 aromatic heterocycles. The highest BCUT2D eigenvalue weighted by molar-refractivity contribution is 5.93. The fraction of sp³-hybridized carbons (Fsp3) is 0.609. The number of nitrogens with one attached hydrogen (secondary N) is 2. The van der Waals surface area contributed by atoms with E-state index in [1.165, 1.54) is 0 Å². The lowest BCUT2D eigenvalue weighted by Crippen LogP contribution is -2.55. The van der Waals surface area contributed by atoms with Gasteiger partial charge in [-0.1, -0.05) is 19.3 Å². The van der Waals surface area contributed by atoms with Gasteiger partial charge in [-0.15, -0.1) is 0 Å². The predicted octanol–water partition coefficient (Wildman–Crippen LogP) is 2.12. The molecule has 168 valence electrons. The van der Waals surface area contributed by atoms with Crippen molar-refractivity contribution in [3.63, 3.8) is 0 Å². The van der Waals surface area contributed by atoms with Crippen molar-refractivity contribution in [3.8, 4) is 6.07 Å². The Hall–Kier alpha value is -2.63. The number of amides is 2. The Labute approximate surface area is 184 Å². The molecule has 1 aromatic rings. The van der Waals surface area contributed by atoms with Gasteiger partial charge in [0.25, 0.3) is 0 Å². The number of rotatable bonds is 7. The van der Waals surface area contributed by atoms with Crippen LogP contribution in [0.3, 0.4) is 0 Å². The maximum atomic E-state index is 12.7. The van der Waals surface area contributed by atoms with Crippen LogP contribution in [0.15, 0.2) is 24.3 Å². The zero-order valence-electron chi connectivity index (χ0n) is 18.5. The molecule has 1 aliphatic carbocycles. The van der Waals surface area contributed by atoms with Gasteiger partial charge >= 0.3 is 0 Å². The fourth-order valence-electron chi connectivity index (χ4n) is 4.10. The third-order valence-corrected chi connectivity index (χ3v) is 6.24. The number of nitriles is 1. The first-order chi connectivity index (χ1) is 14.9. The lowest BCUT2D eigenvalue weighted by molar-refractivity contribution is -0.128. The molecule has 1 aliphatic heterocycles. The smallest absolute Gasteiger partial charge is 0.238 e. The Bertz CT molecular complexity index is 792. The second-order valence-electron chi connectivity index (χ2n) is 8.53. The lowest BCUT2D eigenvalue weighted by atomic mass is 9.82. The highest BCUT2D eigenvalue weighted by atomic mass is 16.5. The third-order valence-electron chi connectivity index (χ3n) is 6.24. The van der Waals surface area contributed by atoms with E-state index in [2.05, 4.69) is 21.6 Å². The summed E-state index contributed by atoms with van der Waals surface area (Å²) in [5.74, 6) is -0.400. The number of likely N-dealkylation sites (N-methyl/N-ethyl adjacent to an activating group) is 1. The molecule has 3 rings (SSSR count). The number of benzene rings is 1. The first kappa shape index (κ1) is 23.0. The SMILES string of the molecule is CC(C(=O)NC1(C#N)CCCCC1)N(C)CC(=O)Nc1ccc(N2CCOCC2)cc1. The van der Waals surface area contributed by atoms with Gasteiger partial charge < -0.3 is 20.3 Å². The van der Waals surface area contributed by atoms with Crippen LogP contribution in [0.2, 0.25) is 0 Å². The van der Waals surface area contributed by atoms with Gasteiger partial charge in [-0.25, -0.2) is 0 Å². The molecule has 1 heterocycles. The minimum absolute atomic E-state index is 0.0827. The van der Waals surface area contributed by atoms with Gasteiger partial charge in [0.05, 0.1) is 31.9 Å². The van der Waals surface area contributed by atoms with Crippen molar-refractivity contribution in [3.05, 3.63) is 24.3 Å². The van der Waals surface area contributed by atoms with E-state index in [1.807, 2.05) is 24.3 Å². The van der Waals surface area contributed by atoms with E-state index >= 15 is 0 Å². The quantitative estimate of drug-likeness (QED) is 0.692. The van der Waals surface area contributed by atoms with Crippen LogP contribution in [0, 0.1) is 11.3 Å². The zero-order chi connectivity index (χ0) is 22.3. The van der Waals surface area contributed by atoms with Crippen molar-refractivity contribution < 1.29 is 14.3 Å². The number of hydrogen-bond acceptors (Lipinski definition) is 6. The Morgan fingerprint density at radius 1 is 1.19 bits per heavy atom.